The zero-order chi connectivity index (χ0) is 9.84. The Bertz CT molecular complexity index is 353. The molecule has 0 saturated carbocycles. The van der Waals surface area contributed by atoms with Crippen LogP contribution in [0.4, 0.5) is 0 Å². The Kier molecular flexibility index (Phi) is 3.76. The second kappa shape index (κ2) is 4.64. The van der Waals surface area contributed by atoms with Crippen molar-refractivity contribution in [3.63, 3.8) is 0 Å². The van der Waals surface area contributed by atoms with Gasteiger partial charge in [0.05, 0.1) is 0 Å². The summed E-state index contributed by atoms with van der Waals surface area (Å²) in [5.41, 5.74) is 2.04. The fourth-order valence-electron chi connectivity index (χ4n) is 1.11. The lowest BCUT2D eigenvalue weighted by Crippen LogP contribution is -1.85. The van der Waals surface area contributed by atoms with Gasteiger partial charge in [-0.2, -0.15) is 0 Å². The van der Waals surface area contributed by atoms with Gasteiger partial charge in [-0.25, -0.2) is 0 Å². The molecule has 0 aliphatic carbocycles. The Balaban J connectivity index is 3.39. The first-order valence-electron chi connectivity index (χ1n) is 3.93. The van der Waals surface area contributed by atoms with E-state index in [0.29, 0.717) is 0 Å². The van der Waals surface area contributed by atoms with Crippen LogP contribution in [-0.4, -0.2) is 0 Å². The summed E-state index contributed by atoms with van der Waals surface area (Å²) >= 11 is 9.52. The van der Waals surface area contributed by atoms with Crippen LogP contribution in [-0.2, 0) is 0 Å². The minimum Gasteiger partial charge on any atom is -0.0984 e. The minimum atomic E-state index is 0.738. The van der Waals surface area contributed by atoms with Crippen molar-refractivity contribution in [2.45, 2.75) is 6.92 Å². The molecule has 0 amide bonds. The molecule has 1 rings (SSSR count). The van der Waals surface area contributed by atoms with Gasteiger partial charge in [-0.05, 0) is 18.6 Å². The summed E-state index contributed by atoms with van der Waals surface area (Å²) in [7, 11) is 0. The summed E-state index contributed by atoms with van der Waals surface area (Å²) in [5, 5.41) is 0.738. The predicted octanol–water partition coefficient (Wildman–Crippen LogP) is 4.69. The largest absolute Gasteiger partial charge is 0.0984 e. The number of benzene rings is 1. The molecule has 0 spiro atoms. The van der Waals surface area contributed by atoms with Gasteiger partial charge in [0.2, 0.25) is 0 Å². The van der Waals surface area contributed by atoms with Crippen molar-refractivity contribution in [2.24, 2.45) is 0 Å². The molecule has 2 heteroatoms. The maximum absolute atomic E-state index is 6.06. The van der Waals surface area contributed by atoms with Crippen LogP contribution in [0.15, 0.2) is 35.3 Å². The summed E-state index contributed by atoms with van der Waals surface area (Å²) in [6.07, 6.45) is 3.67. The molecule has 1 aromatic rings. The van der Waals surface area contributed by atoms with Crippen LogP contribution in [0.25, 0.3) is 11.1 Å². The predicted molar refractivity (Wildman–Crippen MR) is 63.7 cm³/mol. The Morgan fingerprint density at radius 1 is 1.54 bits per heavy atom. The van der Waals surface area contributed by atoms with Crippen molar-refractivity contribution in [3.8, 4) is 0 Å². The van der Waals surface area contributed by atoms with Crippen LogP contribution in [0.5, 0.6) is 0 Å². The van der Waals surface area contributed by atoms with Gasteiger partial charge in [-0.15, -0.1) is 0 Å². The topological polar surface area (TPSA) is 0 Å². The molecule has 0 atom stereocenters. The quantitative estimate of drug-likeness (QED) is 0.721. The van der Waals surface area contributed by atoms with E-state index in [2.05, 4.69) is 22.5 Å². The van der Waals surface area contributed by atoms with E-state index in [1.807, 2.05) is 31.2 Å². The van der Waals surface area contributed by atoms with E-state index in [1.165, 1.54) is 0 Å². The van der Waals surface area contributed by atoms with Crippen LogP contribution >= 0.6 is 27.5 Å². The first-order valence-corrected chi connectivity index (χ1v) is 5.11. The Morgan fingerprint density at radius 3 is 2.77 bits per heavy atom. The standard InChI is InChI=1S/C11H10BrCl/c1-3-8-6-5-7-9(12)11(8)10(13)4-2/h3-7H,1H2,2H3/b10-4+. The first-order chi connectivity index (χ1) is 6.20. The highest BCUT2D eigenvalue weighted by atomic mass is 79.9. The third-order valence-corrected chi connectivity index (χ3v) is 2.83. The average Bonchev–Trinajstić information content (AvgIpc) is 2.16. The second-order valence-electron chi connectivity index (χ2n) is 2.54. The normalized spacial score (nSPS) is 11.5. The number of rotatable bonds is 2. The summed E-state index contributed by atoms with van der Waals surface area (Å²) in [5.74, 6) is 0. The molecule has 0 aliphatic rings. The fourth-order valence-corrected chi connectivity index (χ4v) is 2.03. The zero-order valence-electron chi connectivity index (χ0n) is 7.35. The lowest BCUT2D eigenvalue weighted by atomic mass is 10.1. The maximum atomic E-state index is 6.06. The van der Waals surface area contributed by atoms with Crippen molar-refractivity contribution >= 4 is 38.6 Å². The highest BCUT2D eigenvalue weighted by Gasteiger charge is 2.06. The van der Waals surface area contributed by atoms with E-state index in [9.17, 15) is 0 Å². The first kappa shape index (κ1) is 10.6. The zero-order valence-corrected chi connectivity index (χ0v) is 9.69. The average molecular weight is 258 g/mol. The molecule has 68 valence electrons. The molecule has 0 nitrogen and oxygen atoms in total. The lowest BCUT2D eigenvalue weighted by molar-refractivity contribution is 1.54. The van der Waals surface area contributed by atoms with E-state index in [1.54, 1.807) is 6.08 Å². The van der Waals surface area contributed by atoms with Crippen molar-refractivity contribution in [1.29, 1.82) is 0 Å². The summed E-state index contributed by atoms with van der Waals surface area (Å²) < 4.78 is 0.994. The molecular formula is C11H10BrCl. The highest BCUT2D eigenvalue weighted by Crippen LogP contribution is 2.30. The van der Waals surface area contributed by atoms with Crippen molar-refractivity contribution < 1.29 is 0 Å². The number of hydrogen-bond acceptors (Lipinski definition) is 0. The van der Waals surface area contributed by atoms with Gasteiger partial charge in [-0.1, -0.05) is 58.4 Å². The van der Waals surface area contributed by atoms with Gasteiger partial charge < -0.3 is 0 Å². The molecule has 0 saturated heterocycles. The SMILES string of the molecule is C=Cc1cccc(Br)c1/C(Cl)=C\C. The van der Waals surface area contributed by atoms with Crippen molar-refractivity contribution in [3.05, 3.63) is 46.5 Å². The highest BCUT2D eigenvalue weighted by molar-refractivity contribution is 9.10. The maximum Gasteiger partial charge on any atom is 0.0453 e. The molecule has 13 heavy (non-hydrogen) atoms. The smallest absolute Gasteiger partial charge is 0.0453 e. The fraction of sp³-hybridized carbons (Fsp3) is 0.0909. The van der Waals surface area contributed by atoms with E-state index >= 15 is 0 Å². The molecule has 0 aromatic heterocycles. The van der Waals surface area contributed by atoms with E-state index in [-0.39, 0.29) is 0 Å². The van der Waals surface area contributed by atoms with Crippen LogP contribution in [0, 0.1) is 0 Å². The summed E-state index contributed by atoms with van der Waals surface area (Å²) in [4.78, 5) is 0. The van der Waals surface area contributed by atoms with Gasteiger partial charge in [-0.3, -0.25) is 0 Å². The molecule has 0 radical (unpaired) electrons. The third-order valence-electron chi connectivity index (χ3n) is 1.76. The molecule has 0 fully saturated rings. The van der Waals surface area contributed by atoms with Gasteiger partial charge in [0.1, 0.15) is 0 Å². The van der Waals surface area contributed by atoms with Gasteiger partial charge >= 0.3 is 0 Å². The summed E-state index contributed by atoms with van der Waals surface area (Å²) in [6, 6.07) is 5.91. The van der Waals surface area contributed by atoms with E-state index in [0.717, 1.165) is 20.6 Å². The molecule has 0 N–H and O–H groups in total. The number of halogens is 2. The third kappa shape index (κ3) is 2.23. The van der Waals surface area contributed by atoms with Crippen LogP contribution in [0.1, 0.15) is 18.1 Å². The molecule has 0 bridgehead atoms. The van der Waals surface area contributed by atoms with Crippen molar-refractivity contribution in [1.82, 2.24) is 0 Å². The van der Waals surface area contributed by atoms with Gasteiger partial charge in [0, 0.05) is 15.1 Å². The molecule has 1 aromatic carbocycles. The monoisotopic (exact) mass is 256 g/mol. The van der Waals surface area contributed by atoms with E-state index < -0.39 is 0 Å². The Hall–Kier alpha value is -0.530. The Labute approximate surface area is 92.0 Å². The van der Waals surface area contributed by atoms with Gasteiger partial charge in [0.15, 0.2) is 0 Å². The summed E-state index contributed by atoms with van der Waals surface area (Å²) in [6.45, 7) is 5.65. The van der Waals surface area contributed by atoms with E-state index in [4.69, 9.17) is 11.6 Å². The lowest BCUT2D eigenvalue weighted by Gasteiger charge is -2.06. The second-order valence-corrected chi connectivity index (χ2v) is 3.81. The van der Waals surface area contributed by atoms with Gasteiger partial charge in [0.25, 0.3) is 0 Å². The number of hydrogen-bond donors (Lipinski definition) is 0. The van der Waals surface area contributed by atoms with Crippen LogP contribution in [0.2, 0.25) is 0 Å². The van der Waals surface area contributed by atoms with Crippen LogP contribution in [0.3, 0.4) is 0 Å². The molecule has 0 aliphatic heterocycles. The molecular weight excluding hydrogens is 247 g/mol. The van der Waals surface area contributed by atoms with Crippen molar-refractivity contribution in [2.75, 3.05) is 0 Å². The number of allylic oxidation sites excluding steroid dienone is 1. The molecule has 0 heterocycles. The Morgan fingerprint density at radius 2 is 2.23 bits per heavy atom. The molecule has 0 unspecified atom stereocenters. The minimum absolute atomic E-state index is 0.738. The van der Waals surface area contributed by atoms with Crippen LogP contribution < -0.4 is 0 Å².